The van der Waals surface area contributed by atoms with E-state index >= 15 is 0 Å². The van der Waals surface area contributed by atoms with Gasteiger partial charge in [0.1, 0.15) is 17.4 Å². The summed E-state index contributed by atoms with van der Waals surface area (Å²) in [6.45, 7) is 5.75. The van der Waals surface area contributed by atoms with Gasteiger partial charge in [0.25, 0.3) is 0 Å². The molecule has 0 saturated carbocycles. The van der Waals surface area contributed by atoms with E-state index in [1.54, 1.807) is 20.8 Å². The third-order valence-corrected chi connectivity index (χ3v) is 3.96. The molecule has 1 aliphatic heterocycles. The van der Waals surface area contributed by atoms with Crippen LogP contribution in [0.15, 0.2) is 28.8 Å². The van der Waals surface area contributed by atoms with Gasteiger partial charge in [-0.3, -0.25) is 4.90 Å². The molecule has 2 aromatic rings. The van der Waals surface area contributed by atoms with Crippen LogP contribution in [0.5, 0.6) is 5.75 Å². The van der Waals surface area contributed by atoms with Crippen molar-refractivity contribution in [3.05, 3.63) is 30.2 Å². The molecule has 1 aromatic heterocycles. The second-order valence-electron chi connectivity index (χ2n) is 7.33. The molecule has 0 radical (unpaired) electrons. The Morgan fingerprint density at radius 1 is 1.25 bits per heavy atom. The van der Waals surface area contributed by atoms with E-state index in [9.17, 15) is 18.0 Å². The number of aromatic nitrogens is 2. The zero-order valence-corrected chi connectivity index (χ0v) is 15.6. The van der Waals surface area contributed by atoms with Gasteiger partial charge in [0.2, 0.25) is 11.7 Å². The van der Waals surface area contributed by atoms with Crippen molar-refractivity contribution in [3.8, 4) is 17.1 Å². The summed E-state index contributed by atoms with van der Waals surface area (Å²) in [7, 11) is 0. The Balaban J connectivity index is 1.84. The molecule has 28 heavy (non-hydrogen) atoms. The molecule has 0 spiro atoms. The second kappa shape index (κ2) is 7.33. The van der Waals surface area contributed by atoms with Gasteiger partial charge in [0.15, 0.2) is 0 Å². The number of carbonyl (C=O) groups is 1. The van der Waals surface area contributed by atoms with Gasteiger partial charge in [-0.05, 0) is 45.7 Å². The lowest BCUT2D eigenvalue weighted by atomic mass is 10.2. The molecule has 1 aliphatic rings. The molecular weight excluding hydrogens is 379 g/mol. The highest BCUT2D eigenvalue weighted by Gasteiger charge is 2.37. The summed E-state index contributed by atoms with van der Waals surface area (Å²) in [5.41, 5.74) is -0.616. The molecule has 10 heteroatoms. The molecule has 0 aliphatic carbocycles. The maximum absolute atomic E-state index is 12.6. The fraction of sp³-hybridized carbons (Fsp3) is 0.500. The van der Waals surface area contributed by atoms with Gasteiger partial charge in [-0.2, -0.15) is 4.98 Å². The lowest BCUT2D eigenvalue weighted by Gasteiger charge is -2.26. The first-order valence-corrected chi connectivity index (χ1v) is 8.72. The number of rotatable bonds is 3. The van der Waals surface area contributed by atoms with Crippen LogP contribution in [-0.2, 0) is 4.74 Å². The quantitative estimate of drug-likeness (QED) is 0.744. The molecule has 1 aromatic carbocycles. The predicted octanol–water partition coefficient (Wildman–Crippen LogP) is 4.71. The topological polar surface area (TPSA) is 77.7 Å². The average Bonchev–Trinajstić information content (AvgIpc) is 3.21. The van der Waals surface area contributed by atoms with Crippen molar-refractivity contribution in [1.29, 1.82) is 0 Å². The van der Waals surface area contributed by atoms with Gasteiger partial charge in [-0.25, -0.2) is 4.79 Å². The molecule has 152 valence electrons. The standard InChI is InChI=1S/C18H20F3N3O4/c1-17(2,3)27-16(25)24-10-6-8-12(24)15-22-14(23-28-15)11-7-4-5-9-13(11)26-18(19,20)21/h4-5,7,9,12H,6,8,10H2,1-3H3. The monoisotopic (exact) mass is 399 g/mol. The molecule has 1 saturated heterocycles. The molecule has 2 heterocycles. The van der Waals surface area contributed by atoms with Crippen LogP contribution in [0.2, 0.25) is 0 Å². The lowest BCUT2D eigenvalue weighted by Crippen LogP contribution is -2.36. The van der Waals surface area contributed by atoms with Crippen LogP contribution in [0.4, 0.5) is 18.0 Å². The number of ether oxygens (including phenoxy) is 2. The molecule has 3 rings (SSSR count). The van der Waals surface area contributed by atoms with E-state index in [4.69, 9.17) is 9.26 Å². The number of alkyl halides is 3. The van der Waals surface area contributed by atoms with E-state index in [0.717, 1.165) is 6.42 Å². The van der Waals surface area contributed by atoms with Crippen LogP contribution in [0, 0.1) is 0 Å². The van der Waals surface area contributed by atoms with Gasteiger partial charge in [0.05, 0.1) is 5.56 Å². The fourth-order valence-corrected chi connectivity index (χ4v) is 2.91. The third-order valence-electron chi connectivity index (χ3n) is 3.96. The summed E-state index contributed by atoms with van der Waals surface area (Å²) >= 11 is 0. The maximum Gasteiger partial charge on any atom is 0.573 e. The first-order valence-electron chi connectivity index (χ1n) is 8.72. The van der Waals surface area contributed by atoms with Crippen molar-refractivity contribution in [2.75, 3.05) is 6.54 Å². The Hall–Kier alpha value is -2.78. The SMILES string of the molecule is CC(C)(C)OC(=O)N1CCCC1c1nc(-c2ccccc2OC(F)(F)F)no1. The molecule has 1 atom stereocenters. The van der Waals surface area contributed by atoms with Gasteiger partial charge in [-0.15, -0.1) is 13.2 Å². The van der Waals surface area contributed by atoms with Gasteiger partial charge in [0, 0.05) is 6.54 Å². The number of nitrogens with zero attached hydrogens (tertiary/aromatic N) is 3. The van der Waals surface area contributed by atoms with Crippen molar-refractivity contribution in [2.24, 2.45) is 0 Å². The Labute approximate surface area is 159 Å². The number of carbonyl (C=O) groups excluding carboxylic acids is 1. The number of halogens is 3. The highest BCUT2D eigenvalue weighted by Crippen LogP contribution is 2.36. The minimum atomic E-state index is -4.85. The van der Waals surface area contributed by atoms with Crippen molar-refractivity contribution in [2.45, 2.75) is 51.6 Å². The van der Waals surface area contributed by atoms with Crippen molar-refractivity contribution >= 4 is 6.09 Å². The van der Waals surface area contributed by atoms with E-state index in [-0.39, 0.29) is 17.3 Å². The van der Waals surface area contributed by atoms with Crippen LogP contribution in [0.1, 0.15) is 45.5 Å². The number of hydrogen-bond donors (Lipinski definition) is 0. The van der Waals surface area contributed by atoms with Crippen molar-refractivity contribution < 1.29 is 32.0 Å². The zero-order valence-electron chi connectivity index (χ0n) is 15.6. The van der Waals surface area contributed by atoms with E-state index in [1.807, 2.05) is 0 Å². The van der Waals surface area contributed by atoms with Crippen LogP contribution in [0.25, 0.3) is 11.4 Å². The second-order valence-corrected chi connectivity index (χ2v) is 7.33. The summed E-state index contributed by atoms with van der Waals surface area (Å²) in [4.78, 5) is 18.1. The largest absolute Gasteiger partial charge is 0.573 e. The summed E-state index contributed by atoms with van der Waals surface area (Å²) < 4.78 is 52.5. The van der Waals surface area contributed by atoms with Gasteiger partial charge in [-0.1, -0.05) is 17.3 Å². The summed E-state index contributed by atoms with van der Waals surface area (Å²) in [5, 5.41) is 3.78. The van der Waals surface area contributed by atoms with Crippen LogP contribution in [0.3, 0.4) is 0 Å². The minimum Gasteiger partial charge on any atom is -0.444 e. The maximum atomic E-state index is 12.6. The molecule has 0 bridgehead atoms. The number of benzene rings is 1. The van der Waals surface area contributed by atoms with E-state index in [0.29, 0.717) is 13.0 Å². The molecular formula is C18H20F3N3O4. The van der Waals surface area contributed by atoms with E-state index < -0.39 is 29.8 Å². The summed E-state index contributed by atoms with van der Waals surface area (Å²) in [6.07, 6.45) is -4.05. The molecule has 1 fully saturated rings. The predicted molar refractivity (Wildman–Crippen MR) is 91.3 cm³/mol. The first-order chi connectivity index (χ1) is 13.0. The Morgan fingerprint density at radius 2 is 1.96 bits per heavy atom. The van der Waals surface area contributed by atoms with Crippen LogP contribution in [-0.4, -0.2) is 39.6 Å². The molecule has 1 unspecified atom stereocenters. The first kappa shape index (κ1) is 20.0. The highest BCUT2D eigenvalue weighted by molar-refractivity contribution is 5.69. The van der Waals surface area contributed by atoms with Crippen LogP contribution >= 0.6 is 0 Å². The third kappa shape index (κ3) is 4.73. The van der Waals surface area contributed by atoms with Crippen LogP contribution < -0.4 is 4.74 Å². The van der Waals surface area contributed by atoms with Gasteiger partial charge < -0.3 is 14.0 Å². The molecule has 7 nitrogen and oxygen atoms in total. The van der Waals surface area contributed by atoms with E-state index in [2.05, 4.69) is 14.9 Å². The highest BCUT2D eigenvalue weighted by atomic mass is 19.4. The Morgan fingerprint density at radius 3 is 2.64 bits per heavy atom. The number of hydrogen-bond acceptors (Lipinski definition) is 6. The number of likely N-dealkylation sites (tertiary alicyclic amines) is 1. The Bertz CT molecular complexity index is 845. The average molecular weight is 399 g/mol. The smallest absolute Gasteiger partial charge is 0.444 e. The number of para-hydroxylation sites is 1. The molecule has 0 N–H and O–H groups in total. The fourth-order valence-electron chi connectivity index (χ4n) is 2.91. The van der Waals surface area contributed by atoms with Crippen molar-refractivity contribution in [3.63, 3.8) is 0 Å². The summed E-state index contributed by atoms with van der Waals surface area (Å²) in [6, 6.07) is 5.02. The van der Waals surface area contributed by atoms with Gasteiger partial charge >= 0.3 is 12.5 Å². The summed E-state index contributed by atoms with van der Waals surface area (Å²) in [5.74, 6) is -0.344. The zero-order chi connectivity index (χ0) is 20.5. The lowest BCUT2D eigenvalue weighted by molar-refractivity contribution is -0.274. The van der Waals surface area contributed by atoms with Crippen molar-refractivity contribution in [1.82, 2.24) is 15.0 Å². The minimum absolute atomic E-state index is 0.0386. The van der Waals surface area contributed by atoms with E-state index in [1.165, 1.54) is 29.2 Å². The number of amides is 1. The molecule has 1 amide bonds. The Kier molecular flexibility index (Phi) is 5.22. The normalized spacial score (nSPS) is 17.6.